The number of amides is 1. The number of H-pyrrole nitrogens is 1. The van der Waals surface area contributed by atoms with Gasteiger partial charge in [-0.25, -0.2) is 0 Å². The smallest absolute Gasteiger partial charge is 0.254 e. The first-order chi connectivity index (χ1) is 14.1. The fourth-order valence-electron chi connectivity index (χ4n) is 4.10. The van der Waals surface area contributed by atoms with E-state index < -0.39 is 0 Å². The third kappa shape index (κ3) is 2.95. The number of carbonyl (C=O) groups excluding carboxylic acids is 1. The van der Waals surface area contributed by atoms with Crippen molar-refractivity contribution >= 4 is 33.4 Å². The van der Waals surface area contributed by atoms with E-state index >= 15 is 0 Å². The van der Waals surface area contributed by atoms with E-state index in [1.54, 1.807) is 12.1 Å². The van der Waals surface area contributed by atoms with Gasteiger partial charge in [0, 0.05) is 59.7 Å². The molecule has 1 aliphatic rings. The number of para-hydroxylation sites is 2. The normalized spacial score (nSPS) is 14.1. The lowest BCUT2D eigenvalue weighted by atomic mass is 10.1. The summed E-state index contributed by atoms with van der Waals surface area (Å²) in [6, 6.07) is 21.0. The number of rotatable bonds is 1. The standard InChI is InChI=1S/C24H21N3O2/c1-26-12-13-27(15-17-6-2-5-9-22(17)26)24(29)16-10-11-21-19(14-16)23(28)18-7-3-4-8-20(18)25-21/h2-11,14H,12-13,15H2,1H3,(H,25,28). The van der Waals surface area contributed by atoms with Crippen LogP contribution in [0.15, 0.2) is 71.5 Å². The molecule has 0 bridgehead atoms. The zero-order valence-electron chi connectivity index (χ0n) is 16.2. The summed E-state index contributed by atoms with van der Waals surface area (Å²) < 4.78 is 0. The van der Waals surface area contributed by atoms with E-state index in [1.807, 2.05) is 54.4 Å². The Hall–Kier alpha value is -3.60. The van der Waals surface area contributed by atoms with Crippen molar-refractivity contribution in [2.45, 2.75) is 6.54 Å². The SMILES string of the molecule is CN1CCN(C(=O)c2ccc3[nH]c4ccccc4c(=O)c3c2)Cc2ccccc21. The van der Waals surface area contributed by atoms with Crippen LogP contribution >= 0.6 is 0 Å². The maximum absolute atomic E-state index is 13.3. The molecule has 0 aliphatic carbocycles. The highest BCUT2D eigenvalue weighted by atomic mass is 16.2. The number of hydrogen-bond donors (Lipinski definition) is 1. The van der Waals surface area contributed by atoms with Crippen molar-refractivity contribution in [3.8, 4) is 0 Å². The van der Waals surface area contributed by atoms with Crippen LogP contribution < -0.4 is 10.3 Å². The van der Waals surface area contributed by atoms with Crippen molar-refractivity contribution in [2.75, 3.05) is 25.0 Å². The lowest BCUT2D eigenvalue weighted by Gasteiger charge is -2.21. The molecule has 2 heterocycles. The molecule has 0 spiro atoms. The van der Waals surface area contributed by atoms with Crippen LogP contribution in [0.2, 0.25) is 0 Å². The van der Waals surface area contributed by atoms with Gasteiger partial charge in [0.2, 0.25) is 0 Å². The van der Waals surface area contributed by atoms with Crippen LogP contribution in [0.4, 0.5) is 5.69 Å². The van der Waals surface area contributed by atoms with E-state index in [-0.39, 0.29) is 11.3 Å². The molecule has 5 rings (SSSR count). The van der Waals surface area contributed by atoms with Crippen molar-refractivity contribution in [2.24, 2.45) is 0 Å². The van der Waals surface area contributed by atoms with Crippen molar-refractivity contribution in [1.29, 1.82) is 0 Å². The molecule has 5 heteroatoms. The summed E-state index contributed by atoms with van der Waals surface area (Å²) in [5.74, 6) is -0.0513. The van der Waals surface area contributed by atoms with Gasteiger partial charge in [0.15, 0.2) is 5.43 Å². The number of fused-ring (bicyclic) bond motifs is 3. The molecule has 29 heavy (non-hydrogen) atoms. The van der Waals surface area contributed by atoms with E-state index in [2.05, 4.69) is 22.0 Å². The summed E-state index contributed by atoms with van der Waals surface area (Å²) in [7, 11) is 2.05. The zero-order valence-corrected chi connectivity index (χ0v) is 16.2. The van der Waals surface area contributed by atoms with Gasteiger partial charge < -0.3 is 14.8 Å². The number of aromatic amines is 1. The number of benzene rings is 3. The molecule has 1 aliphatic heterocycles. The zero-order chi connectivity index (χ0) is 20.0. The van der Waals surface area contributed by atoms with Crippen LogP contribution in [-0.2, 0) is 6.54 Å². The Morgan fingerprint density at radius 1 is 0.897 bits per heavy atom. The van der Waals surface area contributed by atoms with E-state index in [0.717, 1.165) is 28.8 Å². The Bertz CT molecular complexity index is 1310. The van der Waals surface area contributed by atoms with Gasteiger partial charge in [-0.2, -0.15) is 0 Å². The largest absolute Gasteiger partial charge is 0.373 e. The molecule has 0 fully saturated rings. The van der Waals surface area contributed by atoms with E-state index in [9.17, 15) is 9.59 Å². The number of anilines is 1. The first-order valence-electron chi connectivity index (χ1n) is 9.75. The number of nitrogens with one attached hydrogen (secondary N) is 1. The first kappa shape index (κ1) is 17.5. The van der Waals surface area contributed by atoms with Crippen LogP contribution in [0.5, 0.6) is 0 Å². The Kier molecular flexibility index (Phi) is 4.09. The topological polar surface area (TPSA) is 56.4 Å². The van der Waals surface area contributed by atoms with E-state index in [0.29, 0.717) is 29.4 Å². The fraction of sp³-hybridized carbons (Fsp3) is 0.167. The maximum atomic E-state index is 13.3. The van der Waals surface area contributed by atoms with Gasteiger partial charge in [-0.05, 0) is 42.0 Å². The van der Waals surface area contributed by atoms with Gasteiger partial charge in [0.05, 0.1) is 0 Å². The Labute approximate surface area is 168 Å². The number of hydrogen-bond acceptors (Lipinski definition) is 3. The molecule has 1 aromatic heterocycles. The molecular formula is C24H21N3O2. The Morgan fingerprint density at radius 2 is 1.66 bits per heavy atom. The monoisotopic (exact) mass is 383 g/mol. The number of aromatic nitrogens is 1. The first-order valence-corrected chi connectivity index (χ1v) is 9.75. The molecule has 1 N–H and O–H groups in total. The van der Waals surface area contributed by atoms with Gasteiger partial charge in [-0.15, -0.1) is 0 Å². The minimum Gasteiger partial charge on any atom is -0.373 e. The molecule has 3 aromatic carbocycles. The minimum atomic E-state index is -0.0513. The summed E-state index contributed by atoms with van der Waals surface area (Å²) in [6.45, 7) is 1.96. The maximum Gasteiger partial charge on any atom is 0.254 e. The second kappa shape index (κ2) is 6.78. The summed E-state index contributed by atoms with van der Waals surface area (Å²) in [6.07, 6.45) is 0. The second-order valence-electron chi connectivity index (χ2n) is 7.54. The van der Waals surface area contributed by atoms with Gasteiger partial charge in [0.1, 0.15) is 0 Å². The summed E-state index contributed by atoms with van der Waals surface area (Å²) in [4.78, 5) is 33.6. The summed E-state index contributed by atoms with van der Waals surface area (Å²) in [5.41, 5.74) is 4.32. The molecule has 5 nitrogen and oxygen atoms in total. The van der Waals surface area contributed by atoms with Gasteiger partial charge >= 0.3 is 0 Å². The van der Waals surface area contributed by atoms with Crippen molar-refractivity contribution in [3.05, 3.63) is 88.1 Å². The van der Waals surface area contributed by atoms with Gasteiger partial charge in [-0.3, -0.25) is 9.59 Å². The third-order valence-corrected chi connectivity index (χ3v) is 5.71. The second-order valence-corrected chi connectivity index (χ2v) is 7.54. The molecular weight excluding hydrogens is 362 g/mol. The molecule has 4 aromatic rings. The molecule has 0 unspecified atom stereocenters. The Balaban J connectivity index is 1.55. The quantitative estimate of drug-likeness (QED) is 0.509. The average molecular weight is 383 g/mol. The number of pyridine rings is 1. The molecule has 144 valence electrons. The molecule has 1 amide bonds. The van der Waals surface area contributed by atoms with Crippen molar-refractivity contribution in [1.82, 2.24) is 9.88 Å². The predicted octanol–water partition coefficient (Wildman–Crippen LogP) is 3.77. The summed E-state index contributed by atoms with van der Waals surface area (Å²) in [5, 5.41) is 1.18. The molecule has 0 saturated heterocycles. The number of carbonyl (C=O) groups is 1. The van der Waals surface area contributed by atoms with Crippen LogP contribution in [0, 0.1) is 0 Å². The van der Waals surface area contributed by atoms with Gasteiger partial charge in [-0.1, -0.05) is 30.3 Å². The molecule has 0 radical (unpaired) electrons. The van der Waals surface area contributed by atoms with Crippen LogP contribution in [0.3, 0.4) is 0 Å². The van der Waals surface area contributed by atoms with Gasteiger partial charge in [0.25, 0.3) is 5.91 Å². The average Bonchev–Trinajstić information content (AvgIpc) is 2.92. The van der Waals surface area contributed by atoms with Crippen LogP contribution in [0.25, 0.3) is 21.8 Å². The Morgan fingerprint density at radius 3 is 2.55 bits per heavy atom. The third-order valence-electron chi connectivity index (χ3n) is 5.71. The highest BCUT2D eigenvalue weighted by Gasteiger charge is 2.22. The predicted molar refractivity (Wildman–Crippen MR) is 117 cm³/mol. The van der Waals surface area contributed by atoms with Crippen LogP contribution in [-0.4, -0.2) is 35.9 Å². The molecule has 0 saturated carbocycles. The molecule has 0 atom stereocenters. The van der Waals surface area contributed by atoms with E-state index in [4.69, 9.17) is 0 Å². The minimum absolute atomic E-state index is 0.0510. The number of nitrogens with zero attached hydrogens (tertiary/aromatic N) is 2. The highest BCUT2D eigenvalue weighted by molar-refractivity contribution is 6.00. The summed E-state index contributed by atoms with van der Waals surface area (Å²) >= 11 is 0. The van der Waals surface area contributed by atoms with Crippen molar-refractivity contribution in [3.63, 3.8) is 0 Å². The fourth-order valence-corrected chi connectivity index (χ4v) is 4.10. The van der Waals surface area contributed by atoms with Crippen LogP contribution in [0.1, 0.15) is 15.9 Å². The lowest BCUT2D eigenvalue weighted by molar-refractivity contribution is 0.0752. The van der Waals surface area contributed by atoms with Crippen molar-refractivity contribution < 1.29 is 4.79 Å². The number of likely N-dealkylation sites (N-methyl/N-ethyl adjacent to an activating group) is 1. The lowest BCUT2D eigenvalue weighted by Crippen LogP contribution is -2.34. The van der Waals surface area contributed by atoms with E-state index in [1.165, 1.54) is 0 Å². The highest BCUT2D eigenvalue weighted by Crippen LogP contribution is 2.25.